The first kappa shape index (κ1) is 17.4. The number of nitrogens with zero attached hydrogens (tertiary/aromatic N) is 1. The highest BCUT2D eigenvalue weighted by molar-refractivity contribution is 9.10. The van der Waals surface area contributed by atoms with Crippen LogP contribution >= 0.6 is 27.3 Å². The van der Waals surface area contributed by atoms with Gasteiger partial charge in [-0.25, -0.2) is 9.78 Å². The van der Waals surface area contributed by atoms with Crippen LogP contribution in [0, 0.1) is 13.8 Å². The Morgan fingerprint density at radius 1 is 1.39 bits per heavy atom. The summed E-state index contributed by atoms with van der Waals surface area (Å²) in [5, 5.41) is 12.7. The number of aryl methyl sites for hydroxylation is 2. The zero-order valence-corrected chi connectivity index (χ0v) is 15.1. The van der Waals surface area contributed by atoms with Gasteiger partial charge in [-0.05, 0) is 47.5 Å². The van der Waals surface area contributed by atoms with Gasteiger partial charge in [-0.15, -0.1) is 11.3 Å². The molecule has 23 heavy (non-hydrogen) atoms. The Bertz CT molecular complexity index is 760. The Morgan fingerprint density at radius 2 is 2.09 bits per heavy atom. The second-order valence-electron chi connectivity index (χ2n) is 4.79. The average Bonchev–Trinajstić information content (AvgIpc) is 2.83. The number of nitrogens with one attached hydrogen (secondary N) is 1. The number of aromatic nitrogens is 1. The van der Waals surface area contributed by atoms with Crippen molar-refractivity contribution >= 4 is 39.1 Å². The van der Waals surface area contributed by atoms with Crippen LogP contribution in [0.25, 0.3) is 0 Å². The van der Waals surface area contributed by atoms with Gasteiger partial charge in [-0.1, -0.05) is 6.07 Å². The summed E-state index contributed by atoms with van der Waals surface area (Å²) in [5.74, 6) is -1.01. The quantitative estimate of drug-likeness (QED) is 0.807. The molecule has 8 heteroatoms. The van der Waals surface area contributed by atoms with Gasteiger partial charge in [-0.3, -0.25) is 4.79 Å². The number of carboxylic acid groups (broad SMARTS) is 1. The van der Waals surface area contributed by atoms with Crippen molar-refractivity contribution in [2.75, 3.05) is 7.11 Å². The lowest BCUT2D eigenvalue weighted by Gasteiger charge is -2.15. The van der Waals surface area contributed by atoms with E-state index in [-0.39, 0.29) is 0 Å². The predicted octanol–water partition coefficient (Wildman–Crippen LogP) is 3.09. The van der Waals surface area contributed by atoms with E-state index in [2.05, 4.69) is 26.2 Å². The van der Waals surface area contributed by atoms with E-state index in [1.165, 1.54) is 18.4 Å². The molecule has 2 N–H and O–H groups in total. The molecule has 1 aromatic carbocycles. The van der Waals surface area contributed by atoms with Crippen LogP contribution in [0.3, 0.4) is 0 Å². The Labute approximate surface area is 145 Å². The van der Waals surface area contributed by atoms with Crippen molar-refractivity contribution < 1.29 is 19.4 Å². The number of ether oxygens (including phenoxy) is 1. The molecule has 0 fully saturated rings. The largest absolute Gasteiger partial charge is 0.496 e. The Balaban J connectivity index is 2.29. The van der Waals surface area contributed by atoms with Crippen LogP contribution in [0.5, 0.6) is 5.75 Å². The van der Waals surface area contributed by atoms with Crippen molar-refractivity contribution in [1.29, 1.82) is 0 Å². The molecule has 0 aliphatic rings. The van der Waals surface area contributed by atoms with E-state index < -0.39 is 17.9 Å². The van der Waals surface area contributed by atoms with E-state index in [1.807, 2.05) is 0 Å². The fourth-order valence-electron chi connectivity index (χ4n) is 2.09. The molecule has 1 amide bonds. The number of hydrogen-bond acceptors (Lipinski definition) is 5. The lowest BCUT2D eigenvalue weighted by atomic mass is 10.1. The molecular formula is C15H15BrN2O4S. The van der Waals surface area contributed by atoms with Gasteiger partial charge in [0.25, 0.3) is 5.91 Å². The van der Waals surface area contributed by atoms with Gasteiger partial charge in [0.1, 0.15) is 10.6 Å². The fourth-order valence-corrected chi connectivity index (χ4v) is 3.47. The Hall–Kier alpha value is -1.93. The van der Waals surface area contributed by atoms with Crippen LogP contribution in [-0.2, 0) is 4.79 Å². The van der Waals surface area contributed by atoms with Gasteiger partial charge >= 0.3 is 5.97 Å². The van der Waals surface area contributed by atoms with Gasteiger partial charge in [0, 0.05) is 0 Å². The molecule has 0 aliphatic carbocycles. The van der Waals surface area contributed by atoms with Crippen LogP contribution in [-0.4, -0.2) is 29.1 Å². The van der Waals surface area contributed by atoms with E-state index in [9.17, 15) is 14.7 Å². The Kier molecular flexibility index (Phi) is 5.38. The van der Waals surface area contributed by atoms with Crippen LogP contribution < -0.4 is 10.1 Å². The highest BCUT2D eigenvalue weighted by Crippen LogP contribution is 2.28. The maximum absolute atomic E-state index is 12.3. The van der Waals surface area contributed by atoms with Crippen LogP contribution in [0.1, 0.15) is 32.0 Å². The molecule has 0 aliphatic heterocycles. The minimum Gasteiger partial charge on any atom is -0.496 e. The molecule has 2 aromatic rings. The molecule has 1 aromatic heterocycles. The highest BCUT2D eigenvalue weighted by Gasteiger charge is 2.25. The van der Waals surface area contributed by atoms with E-state index in [1.54, 1.807) is 32.0 Å². The highest BCUT2D eigenvalue weighted by atomic mass is 79.9. The minimum atomic E-state index is -1.16. The number of carboxylic acids is 1. The standard InChI is InChI=1S/C15H15BrN2O4S/c1-7-13(23-8(2)17-7)14(19)18-12(15(20)21)9-4-5-11(22-3)10(16)6-9/h4-6,12H,1-3H3,(H,18,19)(H,20,21). The van der Waals surface area contributed by atoms with E-state index >= 15 is 0 Å². The molecule has 0 bridgehead atoms. The number of halogens is 1. The molecule has 122 valence electrons. The molecule has 6 nitrogen and oxygen atoms in total. The number of methoxy groups -OCH3 is 1. The first-order chi connectivity index (χ1) is 10.8. The van der Waals surface area contributed by atoms with Gasteiger partial charge < -0.3 is 15.2 Å². The number of thiazole rings is 1. The summed E-state index contributed by atoms with van der Waals surface area (Å²) in [6.07, 6.45) is 0. The summed E-state index contributed by atoms with van der Waals surface area (Å²) in [4.78, 5) is 28.5. The summed E-state index contributed by atoms with van der Waals surface area (Å²) in [7, 11) is 1.52. The second kappa shape index (κ2) is 7.10. The van der Waals surface area contributed by atoms with Crippen molar-refractivity contribution in [3.8, 4) is 5.75 Å². The summed E-state index contributed by atoms with van der Waals surface area (Å²) in [6.45, 7) is 3.52. The Morgan fingerprint density at radius 3 is 2.57 bits per heavy atom. The lowest BCUT2D eigenvalue weighted by molar-refractivity contribution is -0.139. The SMILES string of the molecule is COc1ccc(C(NC(=O)c2sc(C)nc2C)C(=O)O)cc1Br. The molecule has 1 unspecified atom stereocenters. The molecule has 0 saturated heterocycles. The van der Waals surface area contributed by atoms with Crippen LogP contribution in [0.4, 0.5) is 0 Å². The predicted molar refractivity (Wildman–Crippen MR) is 90.1 cm³/mol. The van der Waals surface area contributed by atoms with Crippen LogP contribution in [0.2, 0.25) is 0 Å². The third-order valence-electron chi connectivity index (χ3n) is 3.14. The fraction of sp³-hybridized carbons (Fsp3) is 0.267. The number of benzene rings is 1. The van der Waals surface area contributed by atoms with Gasteiger partial charge in [0.2, 0.25) is 0 Å². The number of amides is 1. The number of aliphatic carboxylic acids is 1. The normalized spacial score (nSPS) is 11.8. The van der Waals surface area contributed by atoms with Crippen molar-refractivity contribution in [3.63, 3.8) is 0 Å². The van der Waals surface area contributed by atoms with E-state index in [0.29, 0.717) is 26.4 Å². The first-order valence-corrected chi connectivity index (χ1v) is 8.25. The summed E-state index contributed by atoms with van der Waals surface area (Å²) >= 11 is 4.55. The van der Waals surface area contributed by atoms with Crippen molar-refractivity contribution in [3.05, 3.63) is 43.8 Å². The van der Waals surface area contributed by atoms with E-state index in [0.717, 1.165) is 5.01 Å². The lowest BCUT2D eigenvalue weighted by Crippen LogP contribution is -2.33. The maximum atomic E-state index is 12.3. The van der Waals surface area contributed by atoms with Gasteiger partial charge in [-0.2, -0.15) is 0 Å². The molecule has 1 atom stereocenters. The summed E-state index contributed by atoms with van der Waals surface area (Å²) in [5.41, 5.74) is 1.03. The molecule has 2 rings (SSSR count). The number of rotatable bonds is 5. The maximum Gasteiger partial charge on any atom is 0.330 e. The summed E-state index contributed by atoms with van der Waals surface area (Å²) < 4.78 is 5.73. The molecule has 1 heterocycles. The van der Waals surface area contributed by atoms with Crippen molar-refractivity contribution in [2.24, 2.45) is 0 Å². The number of hydrogen-bond donors (Lipinski definition) is 2. The topological polar surface area (TPSA) is 88.5 Å². The smallest absolute Gasteiger partial charge is 0.330 e. The molecular weight excluding hydrogens is 384 g/mol. The second-order valence-corrected chi connectivity index (χ2v) is 6.84. The monoisotopic (exact) mass is 398 g/mol. The molecule has 0 saturated carbocycles. The molecule has 0 spiro atoms. The third kappa shape index (κ3) is 3.89. The number of carbonyl (C=O) groups excluding carboxylic acids is 1. The van der Waals surface area contributed by atoms with E-state index in [4.69, 9.17) is 4.74 Å². The average molecular weight is 399 g/mol. The van der Waals surface area contributed by atoms with Gasteiger partial charge in [0.15, 0.2) is 6.04 Å². The van der Waals surface area contributed by atoms with Gasteiger partial charge in [0.05, 0.1) is 22.3 Å². The van der Waals surface area contributed by atoms with Crippen molar-refractivity contribution in [2.45, 2.75) is 19.9 Å². The zero-order valence-electron chi connectivity index (χ0n) is 12.7. The van der Waals surface area contributed by atoms with Crippen LogP contribution in [0.15, 0.2) is 22.7 Å². The van der Waals surface area contributed by atoms with Crippen molar-refractivity contribution in [1.82, 2.24) is 10.3 Å². The number of carbonyl (C=O) groups is 2. The summed E-state index contributed by atoms with van der Waals surface area (Å²) in [6, 6.07) is 3.70. The first-order valence-electron chi connectivity index (χ1n) is 6.64. The third-order valence-corrected chi connectivity index (χ3v) is 4.83. The minimum absolute atomic E-state index is 0.418. The zero-order chi connectivity index (χ0) is 17.1. The molecule has 0 radical (unpaired) electrons.